The second-order valence-corrected chi connectivity index (χ2v) is 19.0. The first-order chi connectivity index (χ1) is 28.3. The third-order valence-corrected chi connectivity index (χ3v) is 14.6. The SMILES string of the molecule is CC(C)(C)c1ccc(Nc2cc3sc4ccccc4c3cc2-c2ccc3c4cc5oc6ccccc6c5cc4n4c3c2[B]c2cc3c(cc2-4)sc2ccccc23)cc1. The van der Waals surface area contributed by atoms with E-state index in [-0.39, 0.29) is 5.41 Å². The number of hydrogen-bond donors (Lipinski definition) is 1. The predicted octanol–water partition coefficient (Wildman–Crippen LogP) is 14.1. The highest BCUT2D eigenvalue weighted by molar-refractivity contribution is 7.26. The van der Waals surface area contributed by atoms with Crippen LogP contribution in [0, 0.1) is 0 Å². The van der Waals surface area contributed by atoms with Gasteiger partial charge in [0.1, 0.15) is 11.2 Å². The van der Waals surface area contributed by atoms with Crippen LogP contribution in [0.5, 0.6) is 0 Å². The lowest BCUT2D eigenvalue weighted by Crippen LogP contribution is -2.37. The third-order valence-electron chi connectivity index (χ3n) is 12.4. The van der Waals surface area contributed by atoms with Gasteiger partial charge in [-0.2, -0.15) is 0 Å². The molecule has 0 fully saturated rings. The molecule has 0 spiro atoms. The zero-order valence-corrected chi connectivity index (χ0v) is 33.7. The van der Waals surface area contributed by atoms with Crippen LogP contribution in [0.3, 0.4) is 0 Å². The normalized spacial score (nSPS) is 12.9. The monoisotopic (exact) mass is 777 g/mol. The molecule has 0 saturated heterocycles. The van der Waals surface area contributed by atoms with Gasteiger partial charge in [0.15, 0.2) is 7.28 Å². The molecule has 5 heterocycles. The third kappa shape index (κ3) is 4.61. The summed E-state index contributed by atoms with van der Waals surface area (Å²) in [6.45, 7) is 6.80. The van der Waals surface area contributed by atoms with Crippen LogP contribution in [0.2, 0.25) is 0 Å². The van der Waals surface area contributed by atoms with Gasteiger partial charge in [-0.15, -0.1) is 22.7 Å². The molecule has 1 radical (unpaired) electrons. The molecule has 273 valence electrons. The number of fused-ring (bicyclic) bond motifs is 14. The molecule has 0 aliphatic carbocycles. The quantitative estimate of drug-likeness (QED) is 0.181. The van der Waals surface area contributed by atoms with E-state index in [9.17, 15) is 0 Å². The van der Waals surface area contributed by atoms with E-state index in [1.54, 1.807) is 0 Å². The molecule has 13 rings (SSSR count). The Morgan fingerprint density at radius 3 is 1.98 bits per heavy atom. The Morgan fingerprint density at radius 2 is 1.22 bits per heavy atom. The molecule has 0 atom stereocenters. The molecular formula is C52H34BN2OS2. The number of benzene rings is 8. The van der Waals surface area contributed by atoms with Gasteiger partial charge in [-0.3, -0.25) is 0 Å². The van der Waals surface area contributed by atoms with Crippen molar-refractivity contribution in [3.8, 4) is 16.8 Å². The van der Waals surface area contributed by atoms with Gasteiger partial charge in [0.25, 0.3) is 0 Å². The van der Waals surface area contributed by atoms with Crippen LogP contribution < -0.4 is 16.2 Å². The molecule has 0 amide bonds. The molecule has 0 bridgehead atoms. The second kappa shape index (κ2) is 11.6. The van der Waals surface area contributed by atoms with Crippen molar-refractivity contribution in [2.45, 2.75) is 26.2 Å². The largest absolute Gasteiger partial charge is 0.456 e. The number of nitrogens with one attached hydrogen (secondary N) is 1. The number of hydrogen-bond acceptors (Lipinski definition) is 4. The Balaban J connectivity index is 1.12. The Kier molecular flexibility index (Phi) is 6.56. The van der Waals surface area contributed by atoms with E-state index < -0.39 is 0 Å². The van der Waals surface area contributed by atoms with Crippen molar-refractivity contribution in [3.63, 3.8) is 0 Å². The zero-order valence-electron chi connectivity index (χ0n) is 32.1. The number of nitrogens with zero attached hydrogens (tertiary/aromatic N) is 1. The maximum Gasteiger partial charge on any atom is 0.197 e. The number of aromatic nitrogens is 1. The zero-order chi connectivity index (χ0) is 38.4. The maximum atomic E-state index is 6.50. The Labute approximate surface area is 343 Å². The molecule has 1 N–H and O–H groups in total. The van der Waals surface area contributed by atoms with Gasteiger partial charge in [-0.05, 0) is 88.1 Å². The van der Waals surface area contributed by atoms with E-state index in [0.717, 1.165) is 33.3 Å². The van der Waals surface area contributed by atoms with Crippen LogP contribution in [0.1, 0.15) is 26.3 Å². The van der Waals surface area contributed by atoms with Crippen LogP contribution in [0.15, 0.2) is 150 Å². The molecule has 4 aromatic heterocycles. The number of rotatable bonds is 3. The van der Waals surface area contributed by atoms with E-state index in [1.165, 1.54) is 95.5 Å². The number of anilines is 2. The van der Waals surface area contributed by atoms with E-state index in [0.29, 0.717) is 0 Å². The lowest BCUT2D eigenvalue weighted by molar-refractivity contribution is 0.590. The minimum Gasteiger partial charge on any atom is -0.456 e. The molecule has 3 nitrogen and oxygen atoms in total. The van der Waals surface area contributed by atoms with Gasteiger partial charge in [-0.1, -0.05) is 111 Å². The average Bonchev–Trinajstić information content (AvgIpc) is 3.98. The summed E-state index contributed by atoms with van der Waals surface area (Å²) in [6.07, 6.45) is 0. The standard InChI is InChI=1S/C52H34BN2OS2/c1-52(2,3)28-16-18-29(19-17-28)54-41-26-48-38(31-11-5-8-14-46(31)57-48)22-35(41)33-20-21-34-36-25-45-37(30-10-4-7-13-44(30)56-45)24-42(36)55-43-27-49-39(23-40(43)53-50(33)51(34)55)32-12-6-9-15-47(32)58-49/h4-27,54H,1-3H3. The van der Waals surface area contributed by atoms with Crippen molar-refractivity contribution >= 4 is 136 Å². The van der Waals surface area contributed by atoms with Crippen molar-refractivity contribution in [2.75, 3.05) is 5.32 Å². The molecule has 58 heavy (non-hydrogen) atoms. The minimum absolute atomic E-state index is 0.0822. The summed E-state index contributed by atoms with van der Waals surface area (Å²) in [5, 5.41) is 13.8. The molecule has 8 aromatic carbocycles. The van der Waals surface area contributed by atoms with Crippen molar-refractivity contribution in [1.29, 1.82) is 0 Å². The highest BCUT2D eigenvalue weighted by atomic mass is 32.1. The Hall–Kier alpha value is -6.34. The lowest BCUT2D eigenvalue weighted by atomic mass is 9.59. The number of para-hydroxylation sites is 1. The first kappa shape index (κ1) is 32.7. The minimum atomic E-state index is 0.0822. The summed E-state index contributed by atoms with van der Waals surface area (Å²) in [4.78, 5) is 0. The van der Waals surface area contributed by atoms with Crippen molar-refractivity contribution in [3.05, 3.63) is 151 Å². The van der Waals surface area contributed by atoms with Crippen molar-refractivity contribution in [1.82, 2.24) is 4.57 Å². The summed E-state index contributed by atoms with van der Waals surface area (Å²) >= 11 is 3.74. The Bertz CT molecular complexity index is 3720. The first-order valence-corrected chi connectivity index (χ1v) is 21.5. The van der Waals surface area contributed by atoms with Gasteiger partial charge >= 0.3 is 0 Å². The van der Waals surface area contributed by atoms with Crippen LogP contribution in [0.25, 0.3) is 101 Å². The Morgan fingerprint density at radius 1 is 0.534 bits per heavy atom. The molecule has 1 aliphatic rings. The molecule has 0 unspecified atom stereocenters. The molecule has 0 saturated carbocycles. The van der Waals surface area contributed by atoms with Crippen LogP contribution >= 0.6 is 22.7 Å². The average molecular weight is 778 g/mol. The molecular weight excluding hydrogens is 744 g/mol. The summed E-state index contributed by atoms with van der Waals surface area (Å²) in [5.74, 6) is 0. The number of thiophene rings is 2. The second-order valence-electron chi connectivity index (χ2n) is 16.8. The van der Waals surface area contributed by atoms with Gasteiger partial charge < -0.3 is 14.3 Å². The van der Waals surface area contributed by atoms with Gasteiger partial charge in [-0.25, -0.2) is 0 Å². The van der Waals surface area contributed by atoms with Gasteiger partial charge in [0.05, 0.1) is 5.52 Å². The summed E-state index contributed by atoms with van der Waals surface area (Å²) in [6, 6.07) is 54.0. The first-order valence-electron chi connectivity index (χ1n) is 19.9. The lowest BCUT2D eigenvalue weighted by Gasteiger charge is -2.24. The smallest absolute Gasteiger partial charge is 0.197 e. The van der Waals surface area contributed by atoms with Crippen molar-refractivity contribution < 1.29 is 4.42 Å². The fourth-order valence-electron chi connectivity index (χ4n) is 9.53. The maximum absolute atomic E-state index is 6.50. The van der Waals surface area contributed by atoms with Gasteiger partial charge in [0.2, 0.25) is 0 Å². The topological polar surface area (TPSA) is 30.1 Å². The van der Waals surface area contributed by atoms with Crippen LogP contribution in [-0.4, -0.2) is 11.8 Å². The summed E-state index contributed by atoms with van der Waals surface area (Å²) in [7, 11) is 2.45. The van der Waals surface area contributed by atoms with E-state index in [1.807, 2.05) is 22.7 Å². The molecule has 1 aliphatic heterocycles. The highest BCUT2D eigenvalue weighted by Gasteiger charge is 2.29. The fraction of sp³-hybridized carbons (Fsp3) is 0.0769. The number of furan rings is 1. The van der Waals surface area contributed by atoms with Crippen LogP contribution in [-0.2, 0) is 5.41 Å². The summed E-state index contributed by atoms with van der Waals surface area (Å²) in [5.41, 5.74) is 13.9. The molecule has 6 heteroatoms. The highest BCUT2D eigenvalue weighted by Crippen LogP contribution is 2.45. The van der Waals surface area contributed by atoms with Crippen molar-refractivity contribution in [2.24, 2.45) is 0 Å². The van der Waals surface area contributed by atoms with Crippen LogP contribution in [0.4, 0.5) is 11.4 Å². The fourth-order valence-corrected chi connectivity index (χ4v) is 11.8. The van der Waals surface area contributed by atoms with Gasteiger partial charge in [0, 0.05) is 84.6 Å². The summed E-state index contributed by atoms with van der Waals surface area (Å²) < 4.78 is 14.2. The van der Waals surface area contributed by atoms with E-state index in [2.05, 4.69) is 184 Å². The predicted molar refractivity (Wildman–Crippen MR) is 253 cm³/mol. The van der Waals surface area contributed by atoms with E-state index in [4.69, 9.17) is 4.42 Å². The van der Waals surface area contributed by atoms with E-state index >= 15 is 0 Å². The molecule has 12 aromatic rings.